The monoisotopic (exact) mass is 323 g/mol. The fourth-order valence-corrected chi connectivity index (χ4v) is 3.37. The standard InChI is InChI=1S/C19H21N3O2/c1-24-15-9-7-14(8-10-15)18(23)13-22-17-6-3-2-5-16(17)21-12-4-11-20-19(21)22/h2-3,5-10,18,23H,4,11-13H2,1H3/t18-/m1/s1. The first kappa shape index (κ1) is 15.0. The van der Waals surface area contributed by atoms with Crippen LogP contribution in [0.4, 0.5) is 11.4 Å². The highest BCUT2D eigenvalue weighted by molar-refractivity contribution is 6.16. The second-order valence-electron chi connectivity index (χ2n) is 6.08. The Hall–Kier alpha value is -2.53. The highest BCUT2D eigenvalue weighted by atomic mass is 16.5. The molecule has 2 aromatic rings. The summed E-state index contributed by atoms with van der Waals surface area (Å²) in [6.45, 7) is 2.30. The van der Waals surface area contributed by atoms with E-state index in [4.69, 9.17) is 9.73 Å². The Balaban J connectivity index is 1.61. The third-order valence-corrected chi connectivity index (χ3v) is 4.60. The molecule has 2 heterocycles. The van der Waals surface area contributed by atoms with Crippen LogP contribution in [0.1, 0.15) is 18.1 Å². The van der Waals surface area contributed by atoms with Crippen LogP contribution in [0.3, 0.4) is 0 Å². The number of fused-ring (bicyclic) bond motifs is 3. The molecule has 0 saturated carbocycles. The Morgan fingerprint density at radius 2 is 1.88 bits per heavy atom. The van der Waals surface area contributed by atoms with E-state index in [1.165, 1.54) is 5.69 Å². The molecule has 0 saturated heterocycles. The number of methoxy groups -OCH3 is 1. The van der Waals surface area contributed by atoms with Crippen LogP contribution in [0, 0.1) is 0 Å². The van der Waals surface area contributed by atoms with Crippen molar-refractivity contribution in [2.45, 2.75) is 12.5 Å². The minimum Gasteiger partial charge on any atom is -0.497 e. The first-order valence-electron chi connectivity index (χ1n) is 8.28. The number of aliphatic imine (C=N–C) groups is 1. The Morgan fingerprint density at radius 3 is 2.62 bits per heavy atom. The predicted molar refractivity (Wildman–Crippen MR) is 96.0 cm³/mol. The van der Waals surface area contributed by atoms with Gasteiger partial charge in [0.15, 0.2) is 0 Å². The van der Waals surface area contributed by atoms with Crippen LogP contribution < -0.4 is 14.5 Å². The number of hydrogen-bond donors (Lipinski definition) is 1. The minimum absolute atomic E-state index is 0.485. The molecule has 0 bridgehead atoms. The van der Waals surface area contributed by atoms with Crippen molar-refractivity contribution in [3.8, 4) is 5.75 Å². The number of guanidine groups is 1. The molecule has 5 heteroatoms. The number of rotatable bonds is 4. The first-order valence-corrected chi connectivity index (χ1v) is 8.28. The average Bonchev–Trinajstić information content (AvgIpc) is 2.96. The molecule has 2 aliphatic rings. The molecule has 0 spiro atoms. The van der Waals surface area contributed by atoms with E-state index in [0.717, 1.165) is 42.5 Å². The maximum Gasteiger partial charge on any atom is 0.205 e. The number of benzene rings is 2. The van der Waals surface area contributed by atoms with Crippen molar-refractivity contribution in [3.05, 3.63) is 54.1 Å². The van der Waals surface area contributed by atoms with Crippen molar-refractivity contribution in [1.82, 2.24) is 0 Å². The molecule has 0 aliphatic carbocycles. The van der Waals surface area contributed by atoms with Crippen LogP contribution in [-0.4, -0.2) is 37.8 Å². The van der Waals surface area contributed by atoms with E-state index in [2.05, 4.69) is 28.0 Å². The van der Waals surface area contributed by atoms with Gasteiger partial charge in [-0.15, -0.1) is 0 Å². The van der Waals surface area contributed by atoms with Crippen LogP contribution in [0.2, 0.25) is 0 Å². The van der Waals surface area contributed by atoms with Gasteiger partial charge in [-0.3, -0.25) is 4.99 Å². The van der Waals surface area contributed by atoms with Crippen LogP contribution >= 0.6 is 0 Å². The van der Waals surface area contributed by atoms with Gasteiger partial charge in [-0.2, -0.15) is 0 Å². The summed E-state index contributed by atoms with van der Waals surface area (Å²) in [5.74, 6) is 1.75. The molecule has 1 N–H and O–H groups in total. The van der Waals surface area contributed by atoms with Gasteiger partial charge in [0.25, 0.3) is 0 Å². The molecule has 5 nitrogen and oxygen atoms in total. The summed E-state index contributed by atoms with van der Waals surface area (Å²) in [6, 6.07) is 15.9. The number of anilines is 2. The van der Waals surface area contributed by atoms with Gasteiger partial charge in [0.2, 0.25) is 5.96 Å². The van der Waals surface area contributed by atoms with E-state index in [-0.39, 0.29) is 0 Å². The Labute approximate surface area is 141 Å². The number of aliphatic hydroxyl groups is 1. The molecule has 0 aromatic heterocycles. The smallest absolute Gasteiger partial charge is 0.205 e. The van der Waals surface area contributed by atoms with Crippen molar-refractivity contribution < 1.29 is 9.84 Å². The summed E-state index contributed by atoms with van der Waals surface area (Å²) in [5.41, 5.74) is 3.17. The van der Waals surface area contributed by atoms with Crippen molar-refractivity contribution in [2.75, 3.05) is 36.5 Å². The number of hydrogen-bond acceptors (Lipinski definition) is 5. The maximum absolute atomic E-state index is 10.7. The van der Waals surface area contributed by atoms with Gasteiger partial charge in [-0.25, -0.2) is 0 Å². The Morgan fingerprint density at radius 1 is 1.12 bits per heavy atom. The van der Waals surface area contributed by atoms with Crippen LogP contribution in [0.15, 0.2) is 53.5 Å². The van der Waals surface area contributed by atoms with Crippen molar-refractivity contribution in [3.63, 3.8) is 0 Å². The van der Waals surface area contributed by atoms with Gasteiger partial charge >= 0.3 is 0 Å². The molecular formula is C19H21N3O2. The lowest BCUT2D eigenvalue weighted by Gasteiger charge is -2.28. The fourth-order valence-electron chi connectivity index (χ4n) is 3.37. The molecule has 1 atom stereocenters. The summed E-state index contributed by atoms with van der Waals surface area (Å²) in [5, 5.41) is 10.7. The number of aliphatic hydroxyl groups excluding tert-OH is 1. The second-order valence-corrected chi connectivity index (χ2v) is 6.08. The molecule has 2 aliphatic heterocycles. The molecule has 2 aromatic carbocycles. The lowest BCUT2D eigenvalue weighted by molar-refractivity contribution is 0.187. The number of para-hydroxylation sites is 2. The zero-order chi connectivity index (χ0) is 16.5. The van der Waals surface area contributed by atoms with Crippen molar-refractivity contribution in [2.24, 2.45) is 4.99 Å². The second kappa shape index (κ2) is 6.17. The normalized spacial score (nSPS) is 17.2. The average molecular weight is 323 g/mol. The van der Waals surface area contributed by atoms with Gasteiger partial charge in [0.1, 0.15) is 5.75 Å². The molecule has 124 valence electrons. The summed E-state index contributed by atoms with van der Waals surface area (Å²) in [7, 11) is 1.64. The first-order chi connectivity index (χ1) is 11.8. The Kier molecular flexibility index (Phi) is 3.86. The molecular weight excluding hydrogens is 302 g/mol. The van der Waals surface area contributed by atoms with Gasteiger partial charge < -0.3 is 19.6 Å². The zero-order valence-corrected chi connectivity index (χ0v) is 13.7. The number of ether oxygens (including phenoxy) is 1. The lowest BCUT2D eigenvalue weighted by Crippen LogP contribution is -2.43. The molecule has 4 rings (SSSR count). The third kappa shape index (κ3) is 2.51. The highest BCUT2D eigenvalue weighted by Gasteiger charge is 2.34. The quantitative estimate of drug-likeness (QED) is 0.940. The summed E-state index contributed by atoms with van der Waals surface area (Å²) >= 11 is 0. The molecule has 24 heavy (non-hydrogen) atoms. The Bertz CT molecular complexity index is 757. The van der Waals surface area contributed by atoms with Gasteiger partial charge in [-0.1, -0.05) is 24.3 Å². The van der Waals surface area contributed by atoms with Gasteiger partial charge in [0, 0.05) is 13.1 Å². The number of nitrogens with zero attached hydrogens (tertiary/aromatic N) is 3. The lowest BCUT2D eigenvalue weighted by atomic mass is 10.1. The largest absolute Gasteiger partial charge is 0.497 e. The predicted octanol–water partition coefficient (Wildman–Crippen LogP) is 2.81. The minimum atomic E-state index is -0.589. The van der Waals surface area contributed by atoms with Crippen LogP contribution in [-0.2, 0) is 0 Å². The van der Waals surface area contributed by atoms with Crippen molar-refractivity contribution in [1.29, 1.82) is 0 Å². The molecule has 0 amide bonds. The van der Waals surface area contributed by atoms with E-state index in [0.29, 0.717) is 6.54 Å². The summed E-state index contributed by atoms with van der Waals surface area (Å²) in [6.07, 6.45) is 0.473. The van der Waals surface area contributed by atoms with E-state index in [9.17, 15) is 5.11 Å². The van der Waals surface area contributed by atoms with Gasteiger partial charge in [0.05, 0.1) is 31.1 Å². The summed E-state index contributed by atoms with van der Waals surface area (Å²) < 4.78 is 5.18. The van der Waals surface area contributed by atoms with E-state index in [1.54, 1.807) is 7.11 Å². The van der Waals surface area contributed by atoms with E-state index >= 15 is 0 Å². The summed E-state index contributed by atoms with van der Waals surface area (Å²) in [4.78, 5) is 9.08. The molecule has 0 fully saturated rings. The number of β-amino-alcohol motifs (C(OH)–C–C–N with tert-alkyl or cyclic N) is 1. The molecule has 0 radical (unpaired) electrons. The van der Waals surface area contributed by atoms with E-state index in [1.807, 2.05) is 30.3 Å². The third-order valence-electron chi connectivity index (χ3n) is 4.60. The van der Waals surface area contributed by atoms with Gasteiger partial charge in [-0.05, 0) is 36.2 Å². The molecule has 0 unspecified atom stereocenters. The van der Waals surface area contributed by atoms with Crippen LogP contribution in [0.5, 0.6) is 5.75 Å². The zero-order valence-electron chi connectivity index (χ0n) is 13.7. The SMILES string of the molecule is COc1ccc([C@H](O)CN2C3=NCCCN3c3ccccc32)cc1. The van der Waals surface area contributed by atoms with Crippen molar-refractivity contribution >= 4 is 17.3 Å². The highest BCUT2D eigenvalue weighted by Crippen LogP contribution is 2.39. The maximum atomic E-state index is 10.7. The fraction of sp³-hybridized carbons (Fsp3) is 0.316. The topological polar surface area (TPSA) is 48.3 Å². The van der Waals surface area contributed by atoms with E-state index < -0.39 is 6.10 Å². The van der Waals surface area contributed by atoms with Crippen LogP contribution in [0.25, 0.3) is 0 Å².